The Hall–Kier alpha value is -2.03. The van der Waals surface area contributed by atoms with Crippen molar-refractivity contribution in [2.75, 3.05) is 0 Å². The molecule has 0 aromatic carbocycles. The van der Waals surface area contributed by atoms with Gasteiger partial charge in [0.1, 0.15) is 5.60 Å². The Bertz CT molecular complexity index is 879. The van der Waals surface area contributed by atoms with Gasteiger partial charge in [-0.25, -0.2) is 0 Å². The van der Waals surface area contributed by atoms with Crippen molar-refractivity contribution in [3.63, 3.8) is 0 Å². The van der Waals surface area contributed by atoms with Gasteiger partial charge in [0, 0.05) is 12.3 Å². The zero-order valence-electron chi connectivity index (χ0n) is 20.6. The monoisotopic (exact) mass is 443 g/mol. The summed E-state index contributed by atoms with van der Waals surface area (Å²) in [5.41, 5.74) is 3.71. The summed E-state index contributed by atoms with van der Waals surface area (Å²) < 4.78 is 5.93. The maximum Gasteiger partial charge on any atom is 0.306 e. The topological polar surface area (TPSA) is 26.3 Å². The van der Waals surface area contributed by atoms with E-state index in [4.69, 9.17) is 4.74 Å². The highest BCUT2D eigenvalue weighted by atomic mass is 16.6. The van der Waals surface area contributed by atoms with Crippen molar-refractivity contribution >= 4 is 13.2 Å². The van der Waals surface area contributed by atoms with Gasteiger partial charge in [0.25, 0.3) is 0 Å². The van der Waals surface area contributed by atoms with Gasteiger partial charge in [-0.1, -0.05) is 55.9 Å². The summed E-state index contributed by atoms with van der Waals surface area (Å²) in [6.07, 6.45) is 24.6. The lowest BCUT2D eigenvalue weighted by Crippen LogP contribution is -2.35. The summed E-state index contributed by atoms with van der Waals surface area (Å²) >= 11 is 0. The normalized spacial score (nSPS) is 27.6. The van der Waals surface area contributed by atoms with Gasteiger partial charge in [-0.05, 0) is 93.3 Å². The molecular weight excluding hydrogens is 403 g/mol. The first-order valence-electron chi connectivity index (χ1n) is 13.1. The second-order valence-corrected chi connectivity index (χ2v) is 10.9. The molecule has 2 fully saturated rings. The minimum atomic E-state index is -0.304. The Labute approximate surface area is 201 Å². The van der Waals surface area contributed by atoms with Crippen LogP contribution in [0.4, 0.5) is 0 Å². The third-order valence-electron chi connectivity index (χ3n) is 8.41. The number of hydrogen-bond donors (Lipinski definition) is 0. The molecule has 0 N–H and O–H groups in total. The van der Waals surface area contributed by atoms with Crippen LogP contribution in [0.1, 0.15) is 78.1 Å². The van der Waals surface area contributed by atoms with Crippen molar-refractivity contribution in [2.45, 2.75) is 83.7 Å². The lowest BCUT2D eigenvalue weighted by molar-refractivity contribution is -0.162. The van der Waals surface area contributed by atoms with E-state index < -0.39 is 0 Å². The van der Waals surface area contributed by atoms with Crippen LogP contribution in [0, 0.1) is 23.7 Å². The maximum absolute atomic E-state index is 12.5. The Morgan fingerprint density at radius 1 is 1.21 bits per heavy atom. The first-order chi connectivity index (χ1) is 16.0. The lowest BCUT2D eigenvalue weighted by atomic mass is 9.69. The van der Waals surface area contributed by atoms with E-state index in [9.17, 15) is 4.79 Å². The zero-order chi connectivity index (χ0) is 23.3. The molecule has 4 rings (SSSR count). The van der Waals surface area contributed by atoms with Crippen LogP contribution < -0.4 is 0 Å². The Morgan fingerprint density at radius 2 is 2.00 bits per heavy atom. The van der Waals surface area contributed by atoms with E-state index in [0.29, 0.717) is 30.1 Å². The van der Waals surface area contributed by atoms with E-state index in [-0.39, 0.29) is 11.6 Å². The molecular formula is C30H40BO2. The van der Waals surface area contributed by atoms with Gasteiger partial charge < -0.3 is 4.74 Å². The minimum absolute atomic E-state index is 0.00267. The van der Waals surface area contributed by atoms with Gasteiger partial charge in [0.2, 0.25) is 0 Å². The first-order valence-corrected chi connectivity index (χ1v) is 13.1. The van der Waals surface area contributed by atoms with E-state index in [2.05, 4.69) is 70.0 Å². The standard InChI is InChI=1S/C30H40BO2/c1-4-22-19-27-21-31-18-8-11-26(27)20-25(22)10-7-9-23-14-15-24(23)16-17-29(32)33-30(2,3)28-12-5-6-13-28/h4,7-8,10-11,18-19,21,23-25,28H,1,5-6,9,12-17,20H2,2-3H3. The molecule has 0 aromatic rings. The number of carbonyl (C=O) groups is 1. The highest BCUT2D eigenvalue weighted by Crippen LogP contribution is 2.41. The zero-order valence-corrected chi connectivity index (χ0v) is 20.6. The van der Waals surface area contributed by atoms with Gasteiger partial charge in [-0.2, -0.15) is 0 Å². The molecule has 3 heteroatoms. The van der Waals surface area contributed by atoms with Crippen LogP contribution in [0.3, 0.4) is 0 Å². The quantitative estimate of drug-likeness (QED) is 0.210. The highest BCUT2D eigenvalue weighted by Gasteiger charge is 2.36. The predicted octanol–water partition coefficient (Wildman–Crippen LogP) is 7.43. The van der Waals surface area contributed by atoms with Crippen molar-refractivity contribution in [1.82, 2.24) is 0 Å². The fraction of sp³-hybridized carbons (Fsp3) is 0.567. The largest absolute Gasteiger partial charge is 0.459 e. The molecule has 3 atom stereocenters. The van der Waals surface area contributed by atoms with Crippen molar-refractivity contribution < 1.29 is 9.53 Å². The fourth-order valence-corrected chi connectivity index (χ4v) is 6.05. The Kier molecular flexibility index (Phi) is 7.99. The van der Waals surface area contributed by atoms with E-state index in [1.165, 1.54) is 55.2 Å². The molecule has 0 saturated heterocycles. The highest BCUT2D eigenvalue weighted by molar-refractivity contribution is 6.48. The average Bonchev–Trinajstić information content (AvgIpc) is 3.23. The second kappa shape index (κ2) is 10.9. The van der Waals surface area contributed by atoms with Crippen LogP contribution in [-0.4, -0.2) is 18.8 Å². The SMILES string of the molecule is C=CC1=CC2=C[B]C=CC=C2CC1C=CCC1CCC1CCC(=O)OC(C)(C)C1CCCC1. The molecule has 0 amide bonds. The molecule has 1 radical (unpaired) electrons. The maximum atomic E-state index is 12.5. The lowest BCUT2D eigenvalue weighted by Gasteiger charge is -2.37. The van der Waals surface area contributed by atoms with E-state index in [1.54, 1.807) is 0 Å². The molecule has 0 bridgehead atoms. The molecule has 1 heterocycles. The van der Waals surface area contributed by atoms with Crippen molar-refractivity contribution in [3.05, 3.63) is 71.7 Å². The summed E-state index contributed by atoms with van der Waals surface area (Å²) in [4.78, 5) is 12.5. The average molecular weight is 443 g/mol. The van der Waals surface area contributed by atoms with Crippen molar-refractivity contribution in [1.29, 1.82) is 0 Å². The van der Waals surface area contributed by atoms with Crippen LogP contribution >= 0.6 is 0 Å². The number of fused-ring (bicyclic) bond motifs is 1. The van der Waals surface area contributed by atoms with Crippen LogP contribution in [0.25, 0.3) is 0 Å². The number of ether oxygens (including phenoxy) is 1. The number of carbonyl (C=O) groups excluding carboxylic acids is 1. The molecule has 0 aromatic heterocycles. The fourth-order valence-electron chi connectivity index (χ4n) is 6.05. The number of allylic oxidation sites excluding steroid dienone is 9. The molecule has 3 aliphatic carbocycles. The smallest absolute Gasteiger partial charge is 0.306 e. The Morgan fingerprint density at radius 3 is 2.73 bits per heavy atom. The van der Waals surface area contributed by atoms with E-state index in [1.807, 2.05) is 6.08 Å². The molecule has 0 spiro atoms. The summed E-state index contributed by atoms with van der Waals surface area (Å²) in [5.74, 6) is 6.60. The van der Waals surface area contributed by atoms with E-state index >= 15 is 0 Å². The van der Waals surface area contributed by atoms with Gasteiger partial charge in [0.05, 0.1) is 0 Å². The molecule has 2 nitrogen and oxygen atoms in total. The molecule has 2 saturated carbocycles. The number of esters is 1. The van der Waals surface area contributed by atoms with Crippen molar-refractivity contribution in [3.8, 4) is 0 Å². The molecule has 175 valence electrons. The summed E-state index contributed by atoms with van der Waals surface area (Å²) in [5, 5.41) is 0. The molecule has 1 aliphatic heterocycles. The third kappa shape index (κ3) is 6.11. The van der Waals surface area contributed by atoms with Gasteiger partial charge in [-0.15, -0.1) is 12.0 Å². The van der Waals surface area contributed by atoms with Crippen LogP contribution in [0.5, 0.6) is 0 Å². The van der Waals surface area contributed by atoms with E-state index in [0.717, 1.165) is 19.3 Å². The molecule has 4 aliphatic rings. The first kappa shape index (κ1) is 24.1. The van der Waals surface area contributed by atoms with Gasteiger partial charge in [-0.3, -0.25) is 4.79 Å². The van der Waals surface area contributed by atoms with Gasteiger partial charge in [0.15, 0.2) is 7.28 Å². The summed E-state index contributed by atoms with van der Waals surface area (Å²) in [6.45, 7) is 8.26. The minimum Gasteiger partial charge on any atom is -0.459 e. The van der Waals surface area contributed by atoms with Crippen LogP contribution in [0.2, 0.25) is 0 Å². The number of hydrogen-bond acceptors (Lipinski definition) is 2. The second-order valence-electron chi connectivity index (χ2n) is 10.9. The Balaban J connectivity index is 1.24. The molecule has 33 heavy (non-hydrogen) atoms. The van der Waals surface area contributed by atoms with Crippen LogP contribution in [0.15, 0.2) is 71.7 Å². The summed E-state index contributed by atoms with van der Waals surface area (Å²) in [6, 6.07) is 0. The van der Waals surface area contributed by atoms with Gasteiger partial charge >= 0.3 is 5.97 Å². The number of rotatable bonds is 9. The van der Waals surface area contributed by atoms with Crippen molar-refractivity contribution in [2.24, 2.45) is 23.7 Å². The predicted molar refractivity (Wildman–Crippen MR) is 139 cm³/mol. The summed E-state index contributed by atoms with van der Waals surface area (Å²) in [7, 11) is 2.11. The van der Waals surface area contributed by atoms with Crippen LogP contribution in [-0.2, 0) is 9.53 Å². The molecule has 3 unspecified atom stereocenters. The third-order valence-corrected chi connectivity index (χ3v) is 8.41.